The molecule has 0 aromatic rings. The van der Waals surface area contributed by atoms with Gasteiger partial charge in [0, 0.05) is 0 Å². The van der Waals surface area contributed by atoms with Crippen LogP contribution in [0, 0.1) is 11.8 Å². The summed E-state index contributed by atoms with van der Waals surface area (Å²) in [5.41, 5.74) is 2.86. The molecular weight excluding hydrogens is 192 g/mol. The average molecular weight is 213 g/mol. The fourth-order valence-electron chi connectivity index (χ4n) is 1.25. The molecule has 73 valence electrons. The maximum atomic E-state index is 2.37. The van der Waals surface area contributed by atoms with E-state index in [9.17, 15) is 0 Å². The fraction of sp³-hybridized carbons (Fsp3) is 0.667. The summed E-state index contributed by atoms with van der Waals surface area (Å²) in [6.07, 6.45) is 4.70. The second kappa shape index (κ2) is 6.62. The Morgan fingerprint density at radius 1 is 1.08 bits per heavy atom. The van der Waals surface area contributed by atoms with E-state index in [1.165, 1.54) is 15.9 Å². The first-order valence-electron chi connectivity index (χ1n) is 4.99. The van der Waals surface area contributed by atoms with Crippen LogP contribution in [0.5, 0.6) is 0 Å². The van der Waals surface area contributed by atoms with Crippen molar-refractivity contribution in [3.05, 3.63) is 23.3 Å². The molecule has 0 aliphatic heterocycles. The van der Waals surface area contributed by atoms with Crippen molar-refractivity contribution in [3.63, 3.8) is 0 Å². The molecule has 0 spiro atoms. The quantitative estimate of drug-likeness (QED) is 0.486. The van der Waals surface area contributed by atoms with E-state index in [2.05, 4.69) is 67.2 Å². The molecule has 0 aromatic heterocycles. The third kappa shape index (κ3) is 6.29. The van der Waals surface area contributed by atoms with Crippen molar-refractivity contribution in [2.24, 2.45) is 11.8 Å². The van der Waals surface area contributed by atoms with Crippen LogP contribution in [-0.4, -0.2) is 0 Å². The molecular formula is C12H21Ti. The zero-order valence-corrected chi connectivity index (χ0v) is 11.1. The van der Waals surface area contributed by atoms with E-state index in [0.717, 1.165) is 0 Å². The Bertz CT molecular complexity index is 199. The van der Waals surface area contributed by atoms with Crippen molar-refractivity contribution < 1.29 is 20.4 Å². The van der Waals surface area contributed by atoms with Crippen LogP contribution < -0.4 is 0 Å². The molecule has 0 amide bonds. The second-order valence-electron chi connectivity index (χ2n) is 4.12. The van der Waals surface area contributed by atoms with Gasteiger partial charge in [0.25, 0.3) is 0 Å². The minimum absolute atomic E-state index is 0.653. The van der Waals surface area contributed by atoms with E-state index < -0.39 is 0 Å². The third-order valence-electron chi connectivity index (χ3n) is 2.06. The Hall–Kier alpha value is 0.194. The van der Waals surface area contributed by atoms with Crippen molar-refractivity contribution in [3.8, 4) is 0 Å². The summed E-state index contributed by atoms with van der Waals surface area (Å²) >= 11 is 2.23. The van der Waals surface area contributed by atoms with Crippen LogP contribution in [0.3, 0.4) is 0 Å². The zero-order valence-electron chi connectivity index (χ0n) is 9.52. The van der Waals surface area contributed by atoms with Crippen LogP contribution in [0.2, 0.25) is 4.73 Å². The van der Waals surface area contributed by atoms with Gasteiger partial charge in [-0.3, -0.25) is 0 Å². The van der Waals surface area contributed by atoms with Gasteiger partial charge in [-0.1, -0.05) is 0 Å². The number of hydrogen-bond acceptors (Lipinski definition) is 0. The van der Waals surface area contributed by atoms with Crippen molar-refractivity contribution in [1.29, 1.82) is 0 Å². The van der Waals surface area contributed by atoms with E-state index in [1.54, 1.807) is 0 Å². The number of allylic oxidation sites excluding steroid dienone is 4. The summed E-state index contributed by atoms with van der Waals surface area (Å²) in [5.74, 6) is 1.36. The van der Waals surface area contributed by atoms with Gasteiger partial charge in [-0.15, -0.1) is 0 Å². The van der Waals surface area contributed by atoms with Crippen molar-refractivity contribution in [1.82, 2.24) is 0 Å². The Morgan fingerprint density at radius 3 is 1.92 bits per heavy atom. The first kappa shape index (κ1) is 13.2. The van der Waals surface area contributed by atoms with Crippen molar-refractivity contribution >= 4 is 0 Å². The van der Waals surface area contributed by atoms with Crippen LogP contribution in [-0.2, 0) is 20.4 Å². The van der Waals surface area contributed by atoms with Crippen LogP contribution in [0.25, 0.3) is 0 Å². The van der Waals surface area contributed by atoms with Crippen molar-refractivity contribution in [2.75, 3.05) is 0 Å². The molecule has 0 saturated carbocycles. The summed E-state index contributed by atoms with van der Waals surface area (Å²) < 4.78 is 1.23. The Balaban J connectivity index is 4.40. The van der Waals surface area contributed by atoms with Gasteiger partial charge in [-0.2, -0.15) is 0 Å². The van der Waals surface area contributed by atoms with E-state index in [4.69, 9.17) is 0 Å². The maximum absolute atomic E-state index is 2.37. The first-order chi connectivity index (χ1) is 5.97. The molecule has 0 rings (SSSR count). The van der Waals surface area contributed by atoms with Gasteiger partial charge in [0.15, 0.2) is 0 Å². The second-order valence-corrected chi connectivity index (χ2v) is 4.76. The van der Waals surface area contributed by atoms with Gasteiger partial charge in [-0.05, 0) is 0 Å². The van der Waals surface area contributed by atoms with Crippen LogP contribution >= 0.6 is 0 Å². The molecule has 0 bridgehead atoms. The molecule has 0 saturated heterocycles. The molecule has 0 aliphatic carbocycles. The topological polar surface area (TPSA) is 0 Å². The average Bonchev–Trinajstić information content (AvgIpc) is 2.02. The Labute approximate surface area is 94.9 Å². The van der Waals surface area contributed by atoms with Gasteiger partial charge >= 0.3 is 94.9 Å². The van der Waals surface area contributed by atoms with Crippen LogP contribution in [0.4, 0.5) is 0 Å². The molecule has 0 nitrogen and oxygen atoms in total. The molecule has 0 radical (unpaired) electrons. The summed E-state index contributed by atoms with van der Waals surface area (Å²) in [6.45, 7) is 11.1. The monoisotopic (exact) mass is 213 g/mol. The normalized spacial score (nSPS) is 16.4. The van der Waals surface area contributed by atoms with Crippen molar-refractivity contribution in [2.45, 2.75) is 39.3 Å². The fourth-order valence-corrected chi connectivity index (χ4v) is 1.43. The van der Waals surface area contributed by atoms with E-state index >= 15 is 0 Å². The van der Waals surface area contributed by atoms with Gasteiger partial charge in [0.05, 0.1) is 0 Å². The van der Waals surface area contributed by atoms with E-state index in [0.29, 0.717) is 11.8 Å². The number of rotatable bonds is 4. The third-order valence-corrected chi connectivity index (χ3v) is 3.07. The predicted octanol–water partition coefficient (Wildman–Crippen LogP) is 4.14. The SMILES string of the molecule is CC(=CC(C)C)C(C)=CC(C)[CH2][Ti]. The van der Waals surface area contributed by atoms with Gasteiger partial charge < -0.3 is 0 Å². The first-order valence-corrected chi connectivity index (χ1v) is 6.09. The number of hydrogen-bond donors (Lipinski definition) is 0. The van der Waals surface area contributed by atoms with Crippen LogP contribution in [0.15, 0.2) is 23.3 Å². The molecule has 1 atom stereocenters. The molecule has 0 aliphatic rings. The molecule has 0 aromatic carbocycles. The standard InChI is InChI=1S/C12H21.Ti/c1-9(2)7-11(5)12(6)8-10(3)4;/h7-10H,1H2,2-6H3;. The zero-order chi connectivity index (χ0) is 10.4. The minimum atomic E-state index is 0.653. The molecule has 0 heterocycles. The summed E-state index contributed by atoms with van der Waals surface area (Å²) in [7, 11) is 0. The molecule has 13 heavy (non-hydrogen) atoms. The predicted molar refractivity (Wildman–Crippen MR) is 56.3 cm³/mol. The van der Waals surface area contributed by atoms with Gasteiger partial charge in [0.2, 0.25) is 0 Å². The summed E-state index contributed by atoms with van der Waals surface area (Å²) in [6, 6.07) is 0. The molecule has 1 unspecified atom stereocenters. The van der Waals surface area contributed by atoms with Gasteiger partial charge in [-0.25, -0.2) is 0 Å². The van der Waals surface area contributed by atoms with E-state index in [-0.39, 0.29) is 0 Å². The Morgan fingerprint density at radius 2 is 1.54 bits per heavy atom. The molecule has 0 N–H and O–H groups in total. The summed E-state index contributed by atoms with van der Waals surface area (Å²) in [4.78, 5) is 0. The van der Waals surface area contributed by atoms with E-state index in [1.807, 2.05) is 0 Å². The van der Waals surface area contributed by atoms with Crippen LogP contribution in [0.1, 0.15) is 34.6 Å². The molecule has 1 heteroatoms. The summed E-state index contributed by atoms with van der Waals surface area (Å²) in [5, 5.41) is 0. The van der Waals surface area contributed by atoms with Gasteiger partial charge in [0.1, 0.15) is 0 Å². The Kier molecular flexibility index (Phi) is 6.72. The molecule has 0 fully saturated rings.